The van der Waals surface area contributed by atoms with Crippen molar-refractivity contribution in [1.29, 1.82) is 0 Å². The van der Waals surface area contributed by atoms with Gasteiger partial charge in [0, 0.05) is 35.4 Å². The van der Waals surface area contributed by atoms with Crippen LogP contribution >= 0.6 is 22.9 Å². The van der Waals surface area contributed by atoms with E-state index in [1.807, 2.05) is 26.8 Å². The molecule has 4 N–H and O–H groups in total. The fourth-order valence-corrected chi connectivity index (χ4v) is 6.71. The highest BCUT2D eigenvalue weighted by Gasteiger charge is 2.22. The van der Waals surface area contributed by atoms with E-state index in [-0.39, 0.29) is 56.5 Å². The van der Waals surface area contributed by atoms with Crippen LogP contribution in [0.4, 0.5) is 15.6 Å². The number of amides is 3. The minimum Gasteiger partial charge on any atom is -0.496 e. The summed E-state index contributed by atoms with van der Waals surface area (Å²) in [6.45, 7) is 21.9. The van der Waals surface area contributed by atoms with Crippen molar-refractivity contribution in [2.45, 2.75) is 137 Å². The number of primary amides is 1. The van der Waals surface area contributed by atoms with Gasteiger partial charge in [-0.2, -0.15) is 0 Å². The van der Waals surface area contributed by atoms with E-state index in [1.54, 1.807) is 44.0 Å². The van der Waals surface area contributed by atoms with Gasteiger partial charge in [0.1, 0.15) is 35.9 Å². The number of fused-ring (bicyclic) bond motifs is 1. The van der Waals surface area contributed by atoms with Gasteiger partial charge in [0.25, 0.3) is 5.69 Å². The van der Waals surface area contributed by atoms with E-state index in [1.165, 1.54) is 47.6 Å². The van der Waals surface area contributed by atoms with Gasteiger partial charge in [0.05, 0.1) is 12.0 Å². The Morgan fingerprint density at radius 2 is 1.59 bits per heavy atom. The monoisotopic (exact) mass is 959 g/mol. The molecule has 0 aliphatic heterocycles. The van der Waals surface area contributed by atoms with E-state index in [9.17, 15) is 24.5 Å². The number of anilines is 1. The van der Waals surface area contributed by atoms with Crippen LogP contribution in [-0.4, -0.2) is 59.5 Å². The molecule has 5 rings (SSSR count). The smallest absolute Gasteiger partial charge is 0.312 e. The number of Topliss-reactive ketones (excluding diaryl/α,β-unsaturated/α-hetero) is 1. The first-order valence-corrected chi connectivity index (χ1v) is 22.5. The molecule has 4 unspecified atom stereocenters. The van der Waals surface area contributed by atoms with Crippen LogP contribution in [0, 0.1) is 48.6 Å². The number of halogens is 1. The Morgan fingerprint density at radius 1 is 0.985 bits per heavy atom. The van der Waals surface area contributed by atoms with Crippen molar-refractivity contribution in [3.8, 4) is 5.75 Å². The number of nitrogens with one attached hydrogen (secondary N) is 2. The number of hydrogen-bond acceptors (Lipinski definition) is 10. The highest BCUT2D eigenvalue weighted by atomic mass is 35.5. The Hall–Kier alpha value is -5.34. The number of allylic oxidation sites excluding steroid dienone is 6. The molecule has 13 nitrogen and oxygen atoms in total. The number of benzene rings is 2. The number of ether oxygens (including phenoxy) is 1. The number of methoxy groups -OCH3 is 1. The molecule has 0 saturated carbocycles. The number of nitro benzene ring substituents is 1. The second-order valence-corrected chi connectivity index (χ2v) is 16.2. The van der Waals surface area contributed by atoms with Crippen LogP contribution in [0.2, 0.25) is 0 Å². The molecule has 15 heteroatoms. The molecule has 1 heterocycles. The largest absolute Gasteiger partial charge is 0.496 e. The Kier molecular flexibility index (Phi) is 38.6. The lowest BCUT2D eigenvalue weighted by Gasteiger charge is -2.17. The van der Waals surface area contributed by atoms with Gasteiger partial charge in [-0.3, -0.25) is 14.9 Å². The van der Waals surface area contributed by atoms with E-state index in [0.29, 0.717) is 34.8 Å². The van der Waals surface area contributed by atoms with E-state index in [0.717, 1.165) is 36.5 Å². The van der Waals surface area contributed by atoms with Crippen molar-refractivity contribution in [1.82, 2.24) is 10.3 Å². The van der Waals surface area contributed by atoms with Crippen molar-refractivity contribution in [3.05, 3.63) is 116 Å². The van der Waals surface area contributed by atoms with Crippen LogP contribution in [-0.2, 0) is 20.8 Å². The number of para-hydroxylation sites is 1. The molecule has 3 amide bonds. The number of carbonyl (C=O) groups is 3. The van der Waals surface area contributed by atoms with Gasteiger partial charge < -0.3 is 30.7 Å². The predicted octanol–water partition coefficient (Wildman–Crippen LogP) is 13.5. The number of oxime groups is 1. The molecule has 2 aromatic carbocycles. The lowest BCUT2D eigenvalue weighted by atomic mass is 9.91. The van der Waals surface area contributed by atoms with Crippen LogP contribution < -0.4 is 21.1 Å². The molecular formula is C51H83ClN6O7S. The zero-order chi connectivity index (χ0) is 48.1. The van der Waals surface area contributed by atoms with E-state index < -0.39 is 6.03 Å². The zero-order valence-electron chi connectivity index (χ0n) is 39.5. The van der Waals surface area contributed by atoms with Gasteiger partial charge in [0.2, 0.25) is 5.91 Å². The first kappa shape index (κ1) is 67.3. The predicted molar refractivity (Wildman–Crippen MR) is 281 cm³/mol. The van der Waals surface area contributed by atoms with Crippen molar-refractivity contribution in [2.24, 2.45) is 28.6 Å². The zero-order valence-corrected chi connectivity index (χ0v) is 41.1. The topological polar surface area (TPSA) is 188 Å². The molecule has 0 radical (unpaired) electrons. The minimum absolute atomic E-state index is 0. The molecule has 2 aliphatic carbocycles. The number of thiazole rings is 1. The maximum atomic E-state index is 11.0. The number of hydrogen-bond donors (Lipinski definition) is 3. The van der Waals surface area contributed by atoms with Gasteiger partial charge in [-0.1, -0.05) is 122 Å². The average Bonchev–Trinajstić information content (AvgIpc) is 3.88. The summed E-state index contributed by atoms with van der Waals surface area (Å²) in [6.07, 6.45) is 16.0. The summed E-state index contributed by atoms with van der Waals surface area (Å²) >= 11 is 6.65. The van der Waals surface area contributed by atoms with E-state index in [4.69, 9.17) is 22.1 Å². The molecule has 0 spiro atoms. The van der Waals surface area contributed by atoms with Crippen molar-refractivity contribution < 1.29 is 28.9 Å². The average molecular weight is 960 g/mol. The fraction of sp³-hybridized carbons (Fsp3) is 0.510. The summed E-state index contributed by atoms with van der Waals surface area (Å²) in [4.78, 5) is 50.1. The number of aryl methyl sites for hydroxylation is 4. The Balaban J connectivity index is -0.000000352. The van der Waals surface area contributed by atoms with Gasteiger partial charge in [0.15, 0.2) is 5.13 Å². The molecule has 1 aromatic heterocycles. The fourth-order valence-electron chi connectivity index (χ4n) is 5.87. The summed E-state index contributed by atoms with van der Waals surface area (Å²) in [6, 6.07) is 10.8. The highest BCUT2D eigenvalue weighted by molar-refractivity contribution is 7.14. The molecule has 0 bridgehead atoms. The normalized spacial score (nSPS) is 14.4. The van der Waals surface area contributed by atoms with Gasteiger partial charge in [-0.15, -0.1) is 22.9 Å². The first-order chi connectivity index (χ1) is 29.8. The lowest BCUT2D eigenvalue weighted by molar-refractivity contribution is -0.385. The molecule has 2 aliphatic rings. The minimum atomic E-state index is -0.437. The Morgan fingerprint density at radius 3 is 2.06 bits per heavy atom. The van der Waals surface area contributed by atoms with Crippen LogP contribution in [0.25, 0.3) is 0 Å². The summed E-state index contributed by atoms with van der Waals surface area (Å²) < 4.78 is 5.18. The number of nitrogens with zero attached hydrogens (tertiary/aromatic N) is 3. The lowest BCUT2D eigenvalue weighted by Crippen LogP contribution is -2.40. The summed E-state index contributed by atoms with van der Waals surface area (Å²) in [5.41, 5.74) is 12.6. The third-order valence-electron chi connectivity index (χ3n) is 9.85. The molecular weight excluding hydrogens is 876 g/mol. The molecule has 4 atom stereocenters. The first-order valence-electron chi connectivity index (χ1n) is 21.1. The van der Waals surface area contributed by atoms with Crippen molar-refractivity contribution in [3.63, 3.8) is 0 Å². The number of ketones is 1. The SMILES string of the molecule is C.C.C.CC1=CC2C=CC=CC2C1.CCC(C)C(C)NC(N)=O.CCCC(C)=O.CCc1ccccc1[N+](=O)[O-].CO/N=C(\C)c1csc(NC(=O)CCl)n1.COc1cc(C)c(C)cc1C. The van der Waals surface area contributed by atoms with Crippen LogP contribution in [0.5, 0.6) is 5.75 Å². The number of carbonyl (C=O) groups excluding carboxylic acids is 3. The number of rotatable bonds is 12. The third kappa shape index (κ3) is 27.9. The Labute approximate surface area is 406 Å². The quantitative estimate of drug-likeness (QED) is 0.0525. The molecule has 3 aromatic rings. The number of urea groups is 1. The van der Waals surface area contributed by atoms with E-state index >= 15 is 0 Å². The van der Waals surface area contributed by atoms with Crippen LogP contribution in [0.1, 0.15) is 131 Å². The molecule has 0 saturated heterocycles. The van der Waals surface area contributed by atoms with E-state index in [2.05, 4.69) is 110 Å². The molecule has 372 valence electrons. The van der Waals surface area contributed by atoms with Crippen molar-refractivity contribution in [2.75, 3.05) is 25.4 Å². The third-order valence-corrected chi connectivity index (χ3v) is 10.9. The van der Waals surface area contributed by atoms with Gasteiger partial charge in [-0.25, -0.2) is 9.78 Å². The standard InChI is InChI=1S/C10H14O.C10H12.C8H10ClN3O2S.C8H9NO2.C7H16N2O.C5H10O.3CH4/c1-7-5-9(3)10(11-4)6-8(7)2;1-8-6-9-4-2-3-5-10(9)7-8;1-5(12-14-2)6-4-15-8(10-6)11-7(13)3-9;1-2-7-5-3-4-6-8(7)9(10)11;1-4-5(2)6(3)9-7(8)10;1-3-4-5(2)6;;;/h5-6H,1-4H3;2-6,9-10H,7H2,1H3;4H,3H2,1-2H3,(H,10,11,13);3-6H,2H2,1H3;5-6H,4H2,1-3H3,(H3,8,9,10);3-4H2,1-2H3;3*1H4/b;;12-5+;;;;;;. The van der Waals surface area contributed by atoms with Gasteiger partial charge >= 0.3 is 6.03 Å². The number of aromatic nitrogens is 1. The summed E-state index contributed by atoms with van der Waals surface area (Å²) in [5.74, 6) is 2.90. The number of nitro groups is 1. The second-order valence-electron chi connectivity index (χ2n) is 15.1. The molecule has 0 fully saturated rings. The highest BCUT2D eigenvalue weighted by Crippen LogP contribution is 2.34. The maximum Gasteiger partial charge on any atom is 0.312 e. The molecule has 66 heavy (non-hydrogen) atoms. The van der Waals surface area contributed by atoms with Crippen molar-refractivity contribution >= 4 is 57.2 Å². The summed E-state index contributed by atoms with van der Waals surface area (Å²) in [5, 5.41) is 21.6. The van der Waals surface area contributed by atoms with Gasteiger partial charge in [-0.05, 0) is 102 Å². The number of alkyl halides is 1. The second kappa shape index (κ2) is 37.8. The maximum absolute atomic E-state index is 11.0. The van der Waals surface area contributed by atoms with Crippen LogP contribution in [0.15, 0.2) is 82.9 Å². The summed E-state index contributed by atoms with van der Waals surface area (Å²) in [7, 11) is 3.17. The number of nitrogens with two attached hydrogens (primary N) is 1. The Bertz CT molecular complexity index is 2000. The van der Waals surface area contributed by atoms with Crippen LogP contribution in [0.3, 0.4) is 0 Å².